The lowest BCUT2D eigenvalue weighted by molar-refractivity contribution is 0.0940. The van der Waals surface area contributed by atoms with Gasteiger partial charge in [0.1, 0.15) is 5.69 Å². The highest BCUT2D eigenvalue weighted by Crippen LogP contribution is 2.12. The molecule has 0 radical (unpaired) electrons. The standard InChI is InChI=1S/C18H23N5O/c1-4-22-17(11-15(21-22)10-13(2)3)18(24)19-12-14-6-5-9-23-16(14)7-8-20-23/h5-9,11,13H,4,10,12H2,1-3H3,(H,19,24). The number of amides is 1. The Hall–Kier alpha value is -2.63. The first-order valence-corrected chi connectivity index (χ1v) is 8.34. The van der Waals surface area contributed by atoms with Crippen LogP contribution in [0.15, 0.2) is 36.7 Å². The molecule has 0 aromatic carbocycles. The van der Waals surface area contributed by atoms with Crippen molar-refractivity contribution in [3.05, 3.63) is 53.6 Å². The van der Waals surface area contributed by atoms with Gasteiger partial charge in [0.05, 0.1) is 11.2 Å². The first kappa shape index (κ1) is 16.2. The monoisotopic (exact) mass is 325 g/mol. The summed E-state index contributed by atoms with van der Waals surface area (Å²) in [7, 11) is 0. The van der Waals surface area contributed by atoms with E-state index in [1.165, 1.54) is 0 Å². The first-order valence-electron chi connectivity index (χ1n) is 8.34. The topological polar surface area (TPSA) is 64.2 Å². The number of pyridine rings is 1. The quantitative estimate of drug-likeness (QED) is 0.758. The Bertz CT molecular complexity index is 846. The lowest BCUT2D eigenvalue weighted by atomic mass is 10.1. The minimum absolute atomic E-state index is 0.0964. The van der Waals surface area contributed by atoms with E-state index in [1.54, 1.807) is 15.4 Å². The molecule has 0 fully saturated rings. The van der Waals surface area contributed by atoms with Gasteiger partial charge in [-0.3, -0.25) is 9.48 Å². The molecule has 0 atom stereocenters. The van der Waals surface area contributed by atoms with Gasteiger partial charge in [-0.05, 0) is 43.0 Å². The van der Waals surface area contributed by atoms with Crippen molar-refractivity contribution in [2.24, 2.45) is 5.92 Å². The van der Waals surface area contributed by atoms with E-state index in [9.17, 15) is 4.79 Å². The number of aryl methyl sites for hydroxylation is 1. The normalized spacial score (nSPS) is 11.3. The molecule has 24 heavy (non-hydrogen) atoms. The summed E-state index contributed by atoms with van der Waals surface area (Å²) in [5.41, 5.74) is 3.62. The van der Waals surface area contributed by atoms with E-state index in [4.69, 9.17) is 0 Å². The number of aromatic nitrogens is 4. The molecule has 0 unspecified atom stereocenters. The van der Waals surface area contributed by atoms with Gasteiger partial charge in [-0.1, -0.05) is 19.9 Å². The smallest absolute Gasteiger partial charge is 0.269 e. The van der Waals surface area contributed by atoms with Gasteiger partial charge in [-0.25, -0.2) is 4.52 Å². The van der Waals surface area contributed by atoms with E-state index >= 15 is 0 Å². The number of hydrogen-bond acceptors (Lipinski definition) is 3. The number of nitrogens with one attached hydrogen (secondary N) is 1. The van der Waals surface area contributed by atoms with Crippen LogP contribution in [0.1, 0.15) is 42.5 Å². The van der Waals surface area contributed by atoms with Crippen LogP contribution in [-0.4, -0.2) is 25.3 Å². The molecule has 1 N–H and O–H groups in total. The molecule has 0 saturated carbocycles. The molecule has 126 valence electrons. The fraction of sp³-hybridized carbons (Fsp3) is 0.389. The molecule has 6 heteroatoms. The second-order valence-corrected chi connectivity index (χ2v) is 6.31. The lowest BCUT2D eigenvalue weighted by Crippen LogP contribution is -2.25. The van der Waals surface area contributed by atoms with E-state index in [1.807, 2.05) is 37.4 Å². The number of nitrogens with zero attached hydrogens (tertiary/aromatic N) is 4. The summed E-state index contributed by atoms with van der Waals surface area (Å²) in [4.78, 5) is 12.6. The number of fused-ring (bicyclic) bond motifs is 1. The lowest BCUT2D eigenvalue weighted by Gasteiger charge is -2.08. The molecule has 0 aliphatic carbocycles. The highest BCUT2D eigenvalue weighted by atomic mass is 16.2. The Morgan fingerprint density at radius 2 is 2.17 bits per heavy atom. The summed E-state index contributed by atoms with van der Waals surface area (Å²) in [5, 5.41) is 11.7. The zero-order chi connectivity index (χ0) is 17.1. The third-order valence-corrected chi connectivity index (χ3v) is 3.94. The van der Waals surface area contributed by atoms with Crippen LogP contribution < -0.4 is 5.32 Å². The highest BCUT2D eigenvalue weighted by Gasteiger charge is 2.15. The van der Waals surface area contributed by atoms with Crippen molar-refractivity contribution in [3.8, 4) is 0 Å². The third kappa shape index (κ3) is 3.32. The fourth-order valence-electron chi connectivity index (χ4n) is 2.84. The average molecular weight is 325 g/mol. The molecular formula is C18H23N5O. The Morgan fingerprint density at radius 1 is 1.33 bits per heavy atom. The van der Waals surface area contributed by atoms with Crippen LogP contribution in [-0.2, 0) is 19.5 Å². The van der Waals surface area contributed by atoms with E-state index in [-0.39, 0.29) is 5.91 Å². The van der Waals surface area contributed by atoms with E-state index in [0.717, 1.165) is 23.2 Å². The molecule has 0 saturated heterocycles. The van der Waals surface area contributed by atoms with Gasteiger partial charge in [0, 0.05) is 25.5 Å². The number of carbonyl (C=O) groups excluding carboxylic acids is 1. The van der Waals surface area contributed by atoms with E-state index < -0.39 is 0 Å². The average Bonchev–Trinajstić information content (AvgIpc) is 3.18. The molecule has 3 aromatic rings. The zero-order valence-corrected chi connectivity index (χ0v) is 14.4. The summed E-state index contributed by atoms with van der Waals surface area (Å²) in [5.74, 6) is 0.418. The Labute approximate surface area is 141 Å². The first-order chi connectivity index (χ1) is 11.6. The molecular weight excluding hydrogens is 302 g/mol. The molecule has 0 spiro atoms. The molecule has 3 heterocycles. The van der Waals surface area contributed by atoms with Crippen molar-refractivity contribution in [2.45, 2.75) is 40.3 Å². The van der Waals surface area contributed by atoms with Gasteiger partial charge >= 0.3 is 0 Å². The van der Waals surface area contributed by atoms with Crippen LogP contribution in [0.25, 0.3) is 5.52 Å². The minimum atomic E-state index is -0.0964. The van der Waals surface area contributed by atoms with Crippen molar-refractivity contribution in [2.75, 3.05) is 0 Å². The summed E-state index contributed by atoms with van der Waals surface area (Å²) in [6.45, 7) is 7.44. The number of rotatable bonds is 6. The summed E-state index contributed by atoms with van der Waals surface area (Å²) < 4.78 is 3.57. The molecule has 6 nitrogen and oxygen atoms in total. The van der Waals surface area contributed by atoms with Crippen LogP contribution in [0, 0.1) is 5.92 Å². The maximum absolute atomic E-state index is 12.6. The largest absolute Gasteiger partial charge is 0.347 e. The molecule has 0 aliphatic rings. The maximum Gasteiger partial charge on any atom is 0.269 e. The van der Waals surface area contributed by atoms with Crippen LogP contribution in [0.5, 0.6) is 0 Å². The molecule has 3 aromatic heterocycles. The highest BCUT2D eigenvalue weighted by molar-refractivity contribution is 5.92. The van der Waals surface area contributed by atoms with Gasteiger partial charge in [-0.15, -0.1) is 0 Å². The second-order valence-electron chi connectivity index (χ2n) is 6.31. The Balaban J connectivity index is 1.75. The number of hydrogen-bond donors (Lipinski definition) is 1. The van der Waals surface area contributed by atoms with Gasteiger partial charge in [0.2, 0.25) is 0 Å². The van der Waals surface area contributed by atoms with Crippen molar-refractivity contribution < 1.29 is 4.79 Å². The summed E-state index contributed by atoms with van der Waals surface area (Å²) in [6.07, 6.45) is 4.53. The summed E-state index contributed by atoms with van der Waals surface area (Å²) in [6, 6.07) is 7.77. The van der Waals surface area contributed by atoms with Crippen LogP contribution in [0.2, 0.25) is 0 Å². The van der Waals surface area contributed by atoms with Crippen molar-refractivity contribution in [1.82, 2.24) is 24.7 Å². The fourth-order valence-corrected chi connectivity index (χ4v) is 2.84. The van der Waals surface area contributed by atoms with Gasteiger partial charge in [0.25, 0.3) is 5.91 Å². The van der Waals surface area contributed by atoms with Crippen molar-refractivity contribution in [3.63, 3.8) is 0 Å². The van der Waals surface area contributed by atoms with Gasteiger partial charge in [-0.2, -0.15) is 10.2 Å². The van der Waals surface area contributed by atoms with E-state index in [0.29, 0.717) is 24.7 Å². The Kier molecular flexibility index (Phi) is 4.64. The zero-order valence-electron chi connectivity index (χ0n) is 14.4. The van der Waals surface area contributed by atoms with Crippen LogP contribution >= 0.6 is 0 Å². The predicted molar refractivity (Wildman–Crippen MR) is 92.8 cm³/mol. The second kappa shape index (κ2) is 6.86. The molecule has 0 bridgehead atoms. The third-order valence-electron chi connectivity index (χ3n) is 3.94. The van der Waals surface area contributed by atoms with Crippen molar-refractivity contribution in [1.29, 1.82) is 0 Å². The van der Waals surface area contributed by atoms with Crippen LogP contribution in [0.3, 0.4) is 0 Å². The van der Waals surface area contributed by atoms with Crippen molar-refractivity contribution >= 4 is 11.4 Å². The van der Waals surface area contributed by atoms with E-state index in [2.05, 4.69) is 29.4 Å². The SMILES string of the molecule is CCn1nc(CC(C)C)cc1C(=O)NCc1cccn2nccc12. The van der Waals surface area contributed by atoms with Gasteiger partial charge in [0.15, 0.2) is 0 Å². The molecule has 0 aliphatic heterocycles. The van der Waals surface area contributed by atoms with Gasteiger partial charge < -0.3 is 5.32 Å². The minimum Gasteiger partial charge on any atom is -0.347 e. The summed E-state index contributed by atoms with van der Waals surface area (Å²) >= 11 is 0. The molecule has 1 amide bonds. The Morgan fingerprint density at radius 3 is 2.92 bits per heavy atom. The predicted octanol–water partition coefficient (Wildman–Crippen LogP) is 2.68. The number of carbonyl (C=O) groups is 1. The molecule has 3 rings (SSSR count). The van der Waals surface area contributed by atoms with Crippen LogP contribution in [0.4, 0.5) is 0 Å². The maximum atomic E-state index is 12.6.